The molecule has 1 heterocycles. The monoisotopic (exact) mass is 338 g/mol. The first kappa shape index (κ1) is 17.0. The Labute approximate surface area is 134 Å². The van der Waals surface area contributed by atoms with Gasteiger partial charge in [0.1, 0.15) is 11.5 Å². The highest BCUT2D eigenvalue weighted by Gasteiger charge is 2.17. The van der Waals surface area contributed by atoms with Crippen LogP contribution in [0.25, 0.3) is 0 Å². The molecule has 0 saturated heterocycles. The van der Waals surface area contributed by atoms with Crippen LogP contribution in [0.3, 0.4) is 0 Å². The topological polar surface area (TPSA) is 97.6 Å². The number of hydrogen-bond acceptors (Lipinski definition) is 5. The number of sulfonamides is 1. The molecule has 2 aromatic rings. The predicted molar refractivity (Wildman–Crippen MR) is 84.6 cm³/mol. The lowest BCUT2D eigenvalue weighted by Crippen LogP contribution is -2.23. The number of carbonyl (C=O) groups is 1. The van der Waals surface area contributed by atoms with Crippen molar-refractivity contribution in [2.75, 3.05) is 11.9 Å². The zero-order chi connectivity index (χ0) is 16.9. The molecule has 1 aromatic heterocycles. The maximum atomic E-state index is 12.3. The standard InChI is InChI=1S/C15H18N2O5S/c1-3-21-15-7-6-13(9-14(15)17-11(2)18)23(19,20)16-10-12-5-4-8-22-12/h4-9,16H,3,10H2,1-2H3,(H,17,18). The number of furan rings is 1. The highest BCUT2D eigenvalue weighted by molar-refractivity contribution is 7.89. The molecule has 124 valence electrons. The maximum Gasteiger partial charge on any atom is 0.241 e. The van der Waals surface area contributed by atoms with Crippen LogP contribution in [0.2, 0.25) is 0 Å². The summed E-state index contributed by atoms with van der Waals surface area (Å²) < 4.78 is 37.6. The lowest BCUT2D eigenvalue weighted by molar-refractivity contribution is -0.114. The molecule has 23 heavy (non-hydrogen) atoms. The van der Waals surface area contributed by atoms with E-state index in [1.807, 2.05) is 0 Å². The number of benzene rings is 1. The summed E-state index contributed by atoms with van der Waals surface area (Å²) in [4.78, 5) is 11.3. The molecule has 0 saturated carbocycles. The van der Waals surface area contributed by atoms with Gasteiger partial charge in [-0.05, 0) is 37.3 Å². The molecule has 2 rings (SSSR count). The Bertz CT molecular complexity index is 769. The Balaban J connectivity index is 2.24. The Morgan fingerprint density at radius 3 is 2.70 bits per heavy atom. The van der Waals surface area contributed by atoms with Crippen LogP contribution >= 0.6 is 0 Å². The first-order chi connectivity index (χ1) is 10.9. The molecule has 0 aliphatic carbocycles. The van der Waals surface area contributed by atoms with Crippen molar-refractivity contribution in [1.82, 2.24) is 4.72 Å². The summed E-state index contributed by atoms with van der Waals surface area (Å²) >= 11 is 0. The van der Waals surface area contributed by atoms with E-state index in [-0.39, 0.29) is 17.3 Å². The van der Waals surface area contributed by atoms with Crippen LogP contribution in [0.4, 0.5) is 5.69 Å². The van der Waals surface area contributed by atoms with E-state index < -0.39 is 10.0 Å². The third-order valence-electron chi connectivity index (χ3n) is 2.89. The van der Waals surface area contributed by atoms with E-state index >= 15 is 0 Å². The molecule has 0 unspecified atom stereocenters. The molecule has 0 atom stereocenters. The number of amides is 1. The smallest absolute Gasteiger partial charge is 0.241 e. The van der Waals surface area contributed by atoms with Crippen molar-refractivity contribution in [1.29, 1.82) is 0 Å². The van der Waals surface area contributed by atoms with Gasteiger partial charge in [-0.25, -0.2) is 13.1 Å². The normalized spacial score (nSPS) is 11.2. The maximum absolute atomic E-state index is 12.3. The summed E-state index contributed by atoms with van der Waals surface area (Å²) in [6, 6.07) is 7.63. The molecule has 0 aliphatic rings. The fourth-order valence-electron chi connectivity index (χ4n) is 1.91. The van der Waals surface area contributed by atoms with E-state index in [0.29, 0.717) is 23.8 Å². The summed E-state index contributed by atoms with van der Waals surface area (Å²) in [5.74, 6) is 0.596. The molecule has 0 spiro atoms. The molecule has 1 aromatic carbocycles. The van der Waals surface area contributed by atoms with Crippen molar-refractivity contribution in [3.63, 3.8) is 0 Å². The summed E-state index contributed by atoms with van der Waals surface area (Å²) in [5.41, 5.74) is 0.306. The average molecular weight is 338 g/mol. The summed E-state index contributed by atoms with van der Waals surface area (Å²) in [6.45, 7) is 3.58. The predicted octanol–water partition coefficient (Wildman–Crippen LogP) is 2.12. The summed E-state index contributed by atoms with van der Waals surface area (Å²) in [6.07, 6.45) is 1.47. The fraction of sp³-hybridized carbons (Fsp3) is 0.267. The average Bonchev–Trinajstić information content (AvgIpc) is 3.00. The molecule has 8 heteroatoms. The molecule has 0 aliphatic heterocycles. The second-order valence-corrected chi connectivity index (χ2v) is 6.44. The van der Waals surface area contributed by atoms with Crippen LogP contribution in [-0.2, 0) is 21.4 Å². The molecule has 2 N–H and O–H groups in total. The highest BCUT2D eigenvalue weighted by atomic mass is 32.2. The minimum absolute atomic E-state index is 0.0243. The van der Waals surface area contributed by atoms with Crippen molar-refractivity contribution in [3.05, 3.63) is 42.4 Å². The summed E-state index contributed by atoms with van der Waals surface area (Å²) in [7, 11) is -3.74. The van der Waals surface area contributed by atoms with Gasteiger partial charge in [0.05, 0.1) is 30.0 Å². The quantitative estimate of drug-likeness (QED) is 0.806. The van der Waals surface area contributed by atoms with Crippen LogP contribution in [0, 0.1) is 0 Å². The molecule has 0 bridgehead atoms. The van der Waals surface area contributed by atoms with Crippen molar-refractivity contribution in [3.8, 4) is 5.75 Å². The van der Waals surface area contributed by atoms with E-state index in [1.165, 1.54) is 31.4 Å². The van der Waals surface area contributed by atoms with Gasteiger partial charge in [-0.3, -0.25) is 4.79 Å². The number of ether oxygens (including phenoxy) is 1. The van der Waals surface area contributed by atoms with Gasteiger partial charge in [-0.1, -0.05) is 0 Å². The number of carbonyl (C=O) groups excluding carboxylic acids is 1. The van der Waals surface area contributed by atoms with E-state index in [9.17, 15) is 13.2 Å². The highest BCUT2D eigenvalue weighted by Crippen LogP contribution is 2.28. The zero-order valence-electron chi connectivity index (χ0n) is 12.8. The first-order valence-corrected chi connectivity index (χ1v) is 8.47. The van der Waals surface area contributed by atoms with E-state index in [0.717, 1.165) is 0 Å². The Hall–Kier alpha value is -2.32. The van der Waals surface area contributed by atoms with Crippen molar-refractivity contribution >= 4 is 21.6 Å². The Kier molecular flexibility index (Phi) is 5.41. The lowest BCUT2D eigenvalue weighted by Gasteiger charge is -2.13. The van der Waals surface area contributed by atoms with Gasteiger partial charge in [-0.15, -0.1) is 0 Å². The number of anilines is 1. The SMILES string of the molecule is CCOc1ccc(S(=O)(=O)NCc2ccco2)cc1NC(C)=O. The zero-order valence-corrected chi connectivity index (χ0v) is 13.6. The van der Waals surface area contributed by atoms with E-state index in [4.69, 9.17) is 9.15 Å². The Morgan fingerprint density at radius 1 is 1.30 bits per heavy atom. The molecule has 7 nitrogen and oxygen atoms in total. The van der Waals surface area contributed by atoms with Crippen molar-refractivity contribution in [2.45, 2.75) is 25.3 Å². The van der Waals surface area contributed by atoms with Gasteiger partial charge in [0.2, 0.25) is 15.9 Å². The van der Waals surface area contributed by atoms with Crippen LogP contribution < -0.4 is 14.8 Å². The molecular formula is C15H18N2O5S. The second-order valence-electron chi connectivity index (χ2n) is 4.68. The van der Waals surface area contributed by atoms with Gasteiger partial charge in [0.15, 0.2) is 0 Å². The van der Waals surface area contributed by atoms with Gasteiger partial charge in [-0.2, -0.15) is 0 Å². The third kappa shape index (κ3) is 4.57. The van der Waals surface area contributed by atoms with Crippen molar-refractivity contribution < 1.29 is 22.4 Å². The van der Waals surface area contributed by atoms with Crippen LogP contribution in [0.5, 0.6) is 5.75 Å². The van der Waals surface area contributed by atoms with Gasteiger partial charge in [0, 0.05) is 6.92 Å². The molecule has 1 amide bonds. The first-order valence-electron chi connectivity index (χ1n) is 6.99. The van der Waals surface area contributed by atoms with Crippen molar-refractivity contribution in [2.24, 2.45) is 0 Å². The minimum Gasteiger partial charge on any atom is -0.492 e. The van der Waals surface area contributed by atoms with Gasteiger partial charge < -0.3 is 14.5 Å². The number of rotatable bonds is 7. The van der Waals surface area contributed by atoms with E-state index in [1.54, 1.807) is 19.1 Å². The van der Waals surface area contributed by atoms with E-state index in [2.05, 4.69) is 10.0 Å². The van der Waals surface area contributed by atoms with Crippen LogP contribution in [-0.4, -0.2) is 20.9 Å². The summed E-state index contributed by atoms with van der Waals surface area (Å²) in [5, 5.41) is 2.57. The lowest BCUT2D eigenvalue weighted by atomic mass is 10.3. The Morgan fingerprint density at radius 2 is 2.09 bits per heavy atom. The third-order valence-corrected chi connectivity index (χ3v) is 4.29. The second kappa shape index (κ2) is 7.30. The van der Waals surface area contributed by atoms with Gasteiger partial charge in [0.25, 0.3) is 0 Å². The number of nitrogens with one attached hydrogen (secondary N) is 2. The number of hydrogen-bond donors (Lipinski definition) is 2. The molecule has 0 radical (unpaired) electrons. The molecule has 0 fully saturated rings. The van der Waals surface area contributed by atoms with Gasteiger partial charge >= 0.3 is 0 Å². The fourth-order valence-corrected chi connectivity index (χ4v) is 2.93. The largest absolute Gasteiger partial charge is 0.492 e. The molecular weight excluding hydrogens is 320 g/mol. The minimum atomic E-state index is -3.74. The van der Waals surface area contributed by atoms with Crippen LogP contribution in [0.15, 0.2) is 45.9 Å². The van der Waals surface area contributed by atoms with Crippen LogP contribution in [0.1, 0.15) is 19.6 Å².